The van der Waals surface area contributed by atoms with Crippen molar-refractivity contribution in [3.05, 3.63) is 24.3 Å². The second-order valence-electron chi connectivity index (χ2n) is 5.47. The number of ether oxygens (including phenoxy) is 3. The Hall–Kier alpha value is -1.92. The van der Waals surface area contributed by atoms with Gasteiger partial charge in [0.2, 0.25) is 6.10 Å². The Kier molecular flexibility index (Phi) is 4.02. The summed E-state index contributed by atoms with van der Waals surface area (Å²) in [5.74, 6) is -0.00313. The van der Waals surface area contributed by atoms with E-state index in [4.69, 9.17) is 9.47 Å². The third-order valence-electron chi connectivity index (χ3n) is 2.99. The van der Waals surface area contributed by atoms with Gasteiger partial charge in [-0.1, -0.05) is 13.8 Å². The third kappa shape index (κ3) is 4.03. The molecule has 1 atom stereocenters. The maximum Gasteiger partial charge on any atom is 0.422 e. The topological polar surface area (TPSA) is 44.8 Å². The van der Waals surface area contributed by atoms with Gasteiger partial charge in [-0.3, -0.25) is 0 Å². The first-order valence-corrected chi connectivity index (χ1v) is 6.30. The van der Waals surface area contributed by atoms with E-state index in [0.717, 1.165) is 0 Å². The van der Waals surface area contributed by atoms with Crippen LogP contribution in [0, 0.1) is 5.41 Å². The summed E-state index contributed by atoms with van der Waals surface area (Å²) in [7, 11) is 0. The van der Waals surface area contributed by atoms with Gasteiger partial charge < -0.3 is 14.2 Å². The number of halogens is 3. The Morgan fingerprint density at radius 1 is 1.24 bits per heavy atom. The molecule has 0 saturated carbocycles. The molecule has 2 rings (SSSR count). The normalized spacial score (nSPS) is 21.0. The van der Waals surface area contributed by atoms with Crippen LogP contribution in [-0.2, 0) is 9.53 Å². The van der Waals surface area contributed by atoms with Crippen molar-refractivity contribution in [1.29, 1.82) is 0 Å². The van der Waals surface area contributed by atoms with Crippen molar-refractivity contribution in [2.24, 2.45) is 5.41 Å². The van der Waals surface area contributed by atoms with Crippen LogP contribution in [0.3, 0.4) is 0 Å². The van der Waals surface area contributed by atoms with E-state index in [2.05, 4.69) is 4.74 Å². The maximum absolute atomic E-state index is 12.0. The highest BCUT2D eigenvalue weighted by Crippen LogP contribution is 2.32. The summed E-state index contributed by atoms with van der Waals surface area (Å²) in [5.41, 5.74) is -0.456. The average Bonchev–Trinajstić information content (AvgIpc) is 2.64. The van der Waals surface area contributed by atoms with Crippen LogP contribution in [0.25, 0.3) is 0 Å². The van der Waals surface area contributed by atoms with Gasteiger partial charge in [0.25, 0.3) is 0 Å². The first-order valence-electron chi connectivity index (χ1n) is 6.30. The predicted octanol–water partition coefficient (Wildman–Crippen LogP) is 2.96. The minimum Gasteiger partial charge on any atom is -0.484 e. The van der Waals surface area contributed by atoms with Crippen molar-refractivity contribution in [2.45, 2.75) is 26.1 Å². The summed E-state index contributed by atoms with van der Waals surface area (Å²) in [4.78, 5) is 11.6. The van der Waals surface area contributed by atoms with E-state index < -0.39 is 30.3 Å². The van der Waals surface area contributed by atoms with Gasteiger partial charge in [-0.05, 0) is 24.3 Å². The minimum absolute atomic E-state index is 0.0768. The molecule has 0 aliphatic carbocycles. The lowest BCUT2D eigenvalue weighted by molar-refractivity contribution is -0.153. The van der Waals surface area contributed by atoms with Gasteiger partial charge in [0.1, 0.15) is 18.1 Å². The molecule has 1 aliphatic heterocycles. The van der Waals surface area contributed by atoms with E-state index in [0.29, 0.717) is 5.75 Å². The third-order valence-corrected chi connectivity index (χ3v) is 2.99. The maximum atomic E-state index is 12.0. The average molecular weight is 304 g/mol. The van der Waals surface area contributed by atoms with Crippen LogP contribution in [0.5, 0.6) is 11.5 Å². The summed E-state index contributed by atoms with van der Waals surface area (Å²) in [6.07, 6.45) is -5.12. The summed E-state index contributed by atoms with van der Waals surface area (Å²) in [5, 5.41) is 0. The Morgan fingerprint density at radius 2 is 1.81 bits per heavy atom. The molecule has 1 aliphatic rings. The molecule has 0 bridgehead atoms. The van der Waals surface area contributed by atoms with Crippen molar-refractivity contribution in [2.75, 3.05) is 13.2 Å². The number of cyclic esters (lactones) is 1. The molecule has 0 amide bonds. The molecule has 1 aromatic rings. The molecule has 1 fully saturated rings. The molecule has 1 heterocycles. The van der Waals surface area contributed by atoms with Crippen molar-refractivity contribution in [1.82, 2.24) is 0 Å². The summed E-state index contributed by atoms with van der Waals surface area (Å²) < 4.78 is 51.1. The number of benzene rings is 1. The zero-order valence-electron chi connectivity index (χ0n) is 11.6. The lowest BCUT2D eigenvalue weighted by Gasteiger charge is -2.22. The minimum atomic E-state index is -4.38. The van der Waals surface area contributed by atoms with Gasteiger partial charge in [-0.15, -0.1) is 0 Å². The number of carbonyl (C=O) groups excluding carboxylic acids is 1. The van der Waals surface area contributed by atoms with Crippen LogP contribution in [0.1, 0.15) is 13.8 Å². The smallest absolute Gasteiger partial charge is 0.422 e. The van der Waals surface area contributed by atoms with Gasteiger partial charge >= 0.3 is 12.1 Å². The molecule has 0 spiro atoms. The molecule has 21 heavy (non-hydrogen) atoms. The Balaban J connectivity index is 1.98. The highest BCUT2D eigenvalue weighted by molar-refractivity contribution is 5.78. The molecule has 7 heteroatoms. The first-order chi connectivity index (χ1) is 9.67. The standard InChI is InChI=1S/C14H15F3O4/c1-13(2)7-20-12(18)11(13)21-10-5-3-9(4-6-10)19-8-14(15,16)17/h3-6,11H,7-8H2,1-2H3. The van der Waals surface area contributed by atoms with Crippen LogP contribution < -0.4 is 9.47 Å². The fourth-order valence-electron chi connectivity index (χ4n) is 1.85. The number of hydrogen-bond donors (Lipinski definition) is 0. The molecule has 4 nitrogen and oxygen atoms in total. The summed E-state index contributed by atoms with van der Waals surface area (Å²) in [6.45, 7) is 2.59. The van der Waals surface area contributed by atoms with Gasteiger partial charge in [0.15, 0.2) is 6.61 Å². The number of carbonyl (C=O) groups is 1. The lowest BCUT2D eigenvalue weighted by atomic mass is 9.90. The lowest BCUT2D eigenvalue weighted by Crippen LogP contribution is -2.35. The van der Waals surface area contributed by atoms with Crippen molar-refractivity contribution in [3.63, 3.8) is 0 Å². The Morgan fingerprint density at radius 3 is 2.29 bits per heavy atom. The molecule has 0 radical (unpaired) electrons. The van der Waals surface area contributed by atoms with Crippen LogP contribution in [0.15, 0.2) is 24.3 Å². The molecular formula is C14H15F3O4. The molecule has 0 aromatic heterocycles. The SMILES string of the molecule is CC1(C)COC(=O)C1Oc1ccc(OCC(F)(F)F)cc1. The fraction of sp³-hybridized carbons (Fsp3) is 0.500. The number of hydrogen-bond acceptors (Lipinski definition) is 4. The molecule has 1 unspecified atom stereocenters. The highest BCUT2D eigenvalue weighted by Gasteiger charge is 2.45. The highest BCUT2D eigenvalue weighted by atomic mass is 19.4. The van der Waals surface area contributed by atoms with Crippen LogP contribution in [0.2, 0.25) is 0 Å². The van der Waals surface area contributed by atoms with E-state index in [-0.39, 0.29) is 12.4 Å². The molecule has 1 saturated heterocycles. The Bertz CT molecular complexity index is 508. The predicted molar refractivity (Wildman–Crippen MR) is 67.1 cm³/mol. The number of rotatable bonds is 4. The molecule has 1 aromatic carbocycles. The van der Waals surface area contributed by atoms with Crippen LogP contribution >= 0.6 is 0 Å². The summed E-state index contributed by atoms with van der Waals surface area (Å²) in [6, 6.07) is 5.61. The zero-order valence-corrected chi connectivity index (χ0v) is 11.6. The monoisotopic (exact) mass is 304 g/mol. The second-order valence-corrected chi connectivity index (χ2v) is 5.47. The van der Waals surface area contributed by atoms with Gasteiger partial charge in [0.05, 0.1) is 0 Å². The molecule has 116 valence electrons. The fourth-order valence-corrected chi connectivity index (χ4v) is 1.85. The van der Waals surface area contributed by atoms with E-state index in [9.17, 15) is 18.0 Å². The van der Waals surface area contributed by atoms with Crippen molar-refractivity contribution >= 4 is 5.97 Å². The van der Waals surface area contributed by atoms with Gasteiger partial charge in [-0.2, -0.15) is 13.2 Å². The van der Waals surface area contributed by atoms with E-state index in [1.165, 1.54) is 24.3 Å². The second kappa shape index (κ2) is 5.46. The molecule has 0 N–H and O–H groups in total. The van der Waals surface area contributed by atoms with E-state index >= 15 is 0 Å². The van der Waals surface area contributed by atoms with Crippen LogP contribution in [-0.4, -0.2) is 31.5 Å². The van der Waals surface area contributed by atoms with E-state index in [1.54, 1.807) is 0 Å². The van der Waals surface area contributed by atoms with Gasteiger partial charge in [-0.25, -0.2) is 4.79 Å². The van der Waals surface area contributed by atoms with Crippen molar-refractivity contribution < 1.29 is 32.2 Å². The van der Waals surface area contributed by atoms with E-state index in [1.807, 2.05) is 13.8 Å². The molecular weight excluding hydrogens is 289 g/mol. The Labute approximate surface area is 119 Å². The van der Waals surface area contributed by atoms with Crippen LogP contribution in [0.4, 0.5) is 13.2 Å². The summed E-state index contributed by atoms with van der Waals surface area (Å²) >= 11 is 0. The quantitative estimate of drug-likeness (QED) is 0.802. The largest absolute Gasteiger partial charge is 0.484 e. The van der Waals surface area contributed by atoms with Gasteiger partial charge in [0, 0.05) is 5.41 Å². The number of esters is 1. The first kappa shape index (κ1) is 15.5. The number of alkyl halides is 3. The van der Waals surface area contributed by atoms with Crippen molar-refractivity contribution in [3.8, 4) is 11.5 Å². The zero-order chi connectivity index (χ0) is 15.7.